The van der Waals surface area contributed by atoms with Crippen molar-refractivity contribution in [2.24, 2.45) is 5.73 Å². The van der Waals surface area contributed by atoms with Crippen LogP contribution in [0.4, 0.5) is 0 Å². The van der Waals surface area contributed by atoms with Crippen LogP contribution in [0, 0.1) is 0 Å². The van der Waals surface area contributed by atoms with Crippen molar-refractivity contribution in [2.75, 3.05) is 13.2 Å². The van der Waals surface area contributed by atoms with Crippen LogP contribution < -0.4 is 11.2 Å². The van der Waals surface area contributed by atoms with Gasteiger partial charge in [0.15, 0.2) is 0 Å². The van der Waals surface area contributed by atoms with E-state index in [1.807, 2.05) is 0 Å². The molecule has 0 spiro atoms. The Morgan fingerprint density at radius 1 is 1.25 bits per heavy atom. The molecule has 0 rings (SSSR count). The van der Waals surface area contributed by atoms with Crippen molar-refractivity contribution in [3.63, 3.8) is 0 Å². The lowest BCUT2D eigenvalue weighted by molar-refractivity contribution is 0.118. The SMILES string of the molecule is CCCN(NCN)C(CC)CC. The molecule has 0 bridgehead atoms. The first-order valence-corrected chi connectivity index (χ1v) is 5.00. The lowest BCUT2D eigenvalue weighted by atomic mass is 10.1. The molecule has 74 valence electrons. The Morgan fingerprint density at radius 3 is 2.17 bits per heavy atom. The molecule has 12 heavy (non-hydrogen) atoms. The van der Waals surface area contributed by atoms with Crippen molar-refractivity contribution in [3.8, 4) is 0 Å². The molecule has 0 aliphatic carbocycles. The van der Waals surface area contributed by atoms with Crippen molar-refractivity contribution in [1.29, 1.82) is 0 Å². The van der Waals surface area contributed by atoms with Gasteiger partial charge in [0, 0.05) is 12.6 Å². The summed E-state index contributed by atoms with van der Waals surface area (Å²) in [5.74, 6) is 0. The van der Waals surface area contributed by atoms with Gasteiger partial charge in [-0.05, 0) is 19.3 Å². The molecule has 0 atom stereocenters. The van der Waals surface area contributed by atoms with Gasteiger partial charge in [-0.15, -0.1) is 0 Å². The second-order valence-electron chi connectivity index (χ2n) is 3.03. The molecule has 0 aliphatic rings. The molecule has 0 unspecified atom stereocenters. The number of rotatable bonds is 7. The summed E-state index contributed by atoms with van der Waals surface area (Å²) in [7, 11) is 0. The minimum Gasteiger partial charge on any atom is -0.317 e. The fourth-order valence-corrected chi connectivity index (χ4v) is 1.48. The maximum atomic E-state index is 5.45. The zero-order chi connectivity index (χ0) is 9.40. The van der Waals surface area contributed by atoms with Crippen LogP contribution in [0.15, 0.2) is 0 Å². The van der Waals surface area contributed by atoms with Gasteiger partial charge >= 0.3 is 0 Å². The maximum absolute atomic E-state index is 5.45. The third kappa shape index (κ3) is 4.04. The molecule has 0 heterocycles. The molecule has 0 saturated heterocycles. The average molecular weight is 173 g/mol. The van der Waals surface area contributed by atoms with Crippen LogP contribution in [0.5, 0.6) is 0 Å². The Morgan fingerprint density at radius 2 is 1.83 bits per heavy atom. The van der Waals surface area contributed by atoms with Gasteiger partial charge < -0.3 is 5.73 Å². The Balaban J connectivity index is 3.86. The van der Waals surface area contributed by atoms with Crippen molar-refractivity contribution in [3.05, 3.63) is 0 Å². The number of nitrogens with one attached hydrogen (secondary N) is 1. The predicted octanol–water partition coefficient (Wildman–Crippen LogP) is 1.31. The van der Waals surface area contributed by atoms with Crippen molar-refractivity contribution in [1.82, 2.24) is 10.4 Å². The lowest BCUT2D eigenvalue weighted by Gasteiger charge is -2.29. The van der Waals surface area contributed by atoms with E-state index < -0.39 is 0 Å². The fraction of sp³-hybridized carbons (Fsp3) is 1.00. The second-order valence-corrected chi connectivity index (χ2v) is 3.03. The average Bonchev–Trinajstić information content (AvgIpc) is 2.07. The number of nitrogens with two attached hydrogens (primary N) is 1. The highest BCUT2D eigenvalue weighted by Crippen LogP contribution is 2.05. The minimum absolute atomic E-state index is 0.538. The van der Waals surface area contributed by atoms with Crippen LogP contribution in [0.2, 0.25) is 0 Å². The summed E-state index contributed by atoms with van der Waals surface area (Å²) in [5, 5.41) is 2.26. The molecule has 0 aromatic carbocycles. The number of hydrogen-bond acceptors (Lipinski definition) is 3. The highest BCUT2D eigenvalue weighted by atomic mass is 15.5. The zero-order valence-electron chi connectivity index (χ0n) is 8.64. The van der Waals surface area contributed by atoms with Gasteiger partial charge in [-0.25, -0.2) is 10.4 Å². The number of nitrogens with zero attached hydrogens (tertiary/aromatic N) is 1. The van der Waals surface area contributed by atoms with Crippen molar-refractivity contribution < 1.29 is 0 Å². The monoisotopic (exact) mass is 173 g/mol. The zero-order valence-corrected chi connectivity index (χ0v) is 8.64. The number of hydrazine groups is 1. The summed E-state index contributed by atoms with van der Waals surface area (Å²) >= 11 is 0. The van der Waals surface area contributed by atoms with Gasteiger partial charge in [0.25, 0.3) is 0 Å². The topological polar surface area (TPSA) is 41.3 Å². The van der Waals surface area contributed by atoms with E-state index in [0.717, 1.165) is 6.54 Å². The van der Waals surface area contributed by atoms with E-state index in [1.54, 1.807) is 0 Å². The van der Waals surface area contributed by atoms with E-state index in [-0.39, 0.29) is 0 Å². The third-order valence-electron chi connectivity index (χ3n) is 2.14. The molecule has 3 nitrogen and oxygen atoms in total. The van der Waals surface area contributed by atoms with Crippen molar-refractivity contribution >= 4 is 0 Å². The van der Waals surface area contributed by atoms with Gasteiger partial charge in [-0.3, -0.25) is 0 Å². The molecule has 0 aromatic rings. The van der Waals surface area contributed by atoms with E-state index in [4.69, 9.17) is 5.73 Å². The standard InChI is InChI=1S/C9H23N3/c1-4-7-12(11-8-10)9(5-2)6-3/h9,11H,4-8,10H2,1-3H3. The van der Waals surface area contributed by atoms with Gasteiger partial charge in [-0.2, -0.15) is 0 Å². The predicted molar refractivity (Wildman–Crippen MR) is 53.6 cm³/mol. The van der Waals surface area contributed by atoms with Crippen LogP contribution in [0.1, 0.15) is 40.0 Å². The summed E-state index contributed by atoms with van der Waals surface area (Å²) in [6.07, 6.45) is 3.54. The van der Waals surface area contributed by atoms with E-state index in [9.17, 15) is 0 Å². The van der Waals surface area contributed by atoms with Gasteiger partial charge in [0.1, 0.15) is 0 Å². The van der Waals surface area contributed by atoms with Crippen molar-refractivity contribution in [2.45, 2.75) is 46.1 Å². The highest BCUT2D eigenvalue weighted by Gasteiger charge is 2.12. The van der Waals surface area contributed by atoms with E-state index in [2.05, 4.69) is 31.2 Å². The first-order valence-electron chi connectivity index (χ1n) is 5.00. The van der Waals surface area contributed by atoms with Crippen LogP contribution in [-0.4, -0.2) is 24.3 Å². The first-order chi connectivity index (χ1) is 5.79. The molecule has 0 saturated carbocycles. The molecular formula is C9H23N3. The summed E-state index contributed by atoms with van der Waals surface area (Å²) in [6, 6.07) is 0.633. The molecule has 0 radical (unpaired) electrons. The molecule has 0 aliphatic heterocycles. The summed E-state index contributed by atoms with van der Waals surface area (Å²) in [5.41, 5.74) is 8.65. The van der Waals surface area contributed by atoms with Crippen LogP contribution in [0.25, 0.3) is 0 Å². The Bertz CT molecular complexity index is 85.8. The van der Waals surface area contributed by atoms with E-state index in [0.29, 0.717) is 12.7 Å². The molecule has 0 amide bonds. The molecule has 0 aromatic heterocycles. The summed E-state index contributed by atoms with van der Waals surface area (Å²) in [6.45, 7) is 8.25. The van der Waals surface area contributed by atoms with Gasteiger partial charge in [0.2, 0.25) is 0 Å². The molecule has 3 heteroatoms. The minimum atomic E-state index is 0.538. The summed E-state index contributed by atoms with van der Waals surface area (Å²) < 4.78 is 0. The van der Waals surface area contributed by atoms with Crippen LogP contribution in [-0.2, 0) is 0 Å². The molecule has 3 N–H and O–H groups in total. The Labute approximate surface area is 76.3 Å². The number of hydrogen-bond donors (Lipinski definition) is 2. The van der Waals surface area contributed by atoms with Gasteiger partial charge in [0.05, 0.1) is 6.67 Å². The highest BCUT2D eigenvalue weighted by molar-refractivity contribution is 4.64. The fourth-order valence-electron chi connectivity index (χ4n) is 1.48. The normalized spacial score (nSPS) is 11.5. The maximum Gasteiger partial charge on any atom is 0.0567 e. The largest absolute Gasteiger partial charge is 0.317 e. The second kappa shape index (κ2) is 7.53. The summed E-state index contributed by atoms with van der Waals surface area (Å²) in [4.78, 5) is 0. The van der Waals surface area contributed by atoms with E-state index in [1.165, 1.54) is 19.3 Å². The Kier molecular flexibility index (Phi) is 7.45. The Hall–Kier alpha value is -0.120. The quantitative estimate of drug-likeness (QED) is 0.450. The lowest BCUT2D eigenvalue weighted by Crippen LogP contribution is -2.47. The smallest absolute Gasteiger partial charge is 0.0567 e. The third-order valence-corrected chi connectivity index (χ3v) is 2.14. The van der Waals surface area contributed by atoms with E-state index >= 15 is 0 Å². The first kappa shape index (κ1) is 11.9. The molecule has 0 fully saturated rings. The van der Waals surface area contributed by atoms with Crippen LogP contribution in [0.3, 0.4) is 0 Å². The van der Waals surface area contributed by atoms with Gasteiger partial charge in [-0.1, -0.05) is 20.8 Å². The molecular weight excluding hydrogens is 150 g/mol. The van der Waals surface area contributed by atoms with Crippen LogP contribution >= 0.6 is 0 Å².